The Morgan fingerprint density at radius 1 is 0.943 bits per heavy atom. The lowest BCUT2D eigenvalue weighted by Gasteiger charge is -2.26. The Morgan fingerprint density at radius 3 is 2.26 bits per heavy atom. The fourth-order valence-electron chi connectivity index (χ4n) is 3.99. The number of nitrogens with one attached hydrogen (secondary N) is 1. The first kappa shape index (κ1) is 25.3. The highest BCUT2D eigenvalue weighted by Gasteiger charge is 2.27. The highest BCUT2D eigenvalue weighted by Crippen LogP contribution is 2.35. The van der Waals surface area contributed by atoms with Crippen LogP contribution in [0.25, 0.3) is 0 Å². The highest BCUT2D eigenvalue weighted by molar-refractivity contribution is 7.92. The van der Waals surface area contributed by atoms with Crippen molar-refractivity contribution in [1.82, 2.24) is 4.31 Å². The van der Waals surface area contributed by atoms with Crippen LogP contribution in [0.2, 0.25) is 0 Å². The molecule has 0 radical (unpaired) electrons. The maximum Gasteiger partial charge on any atom is 0.245 e. The molecule has 35 heavy (non-hydrogen) atoms. The van der Waals surface area contributed by atoms with E-state index in [0.29, 0.717) is 43.5 Å². The monoisotopic (exact) mass is 523 g/mol. The summed E-state index contributed by atoms with van der Waals surface area (Å²) in [6.07, 6.45) is 2.70. The molecule has 1 fully saturated rings. The predicted octanol–water partition coefficient (Wildman–Crippen LogP) is 2.43. The number of rotatable bonds is 8. The normalized spacial score (nSPS) is 16.5. The molecule has 12 heteroatoms. The summed E-state index contributed by atoms with van der Waals surface area (Å²) in [5.74, 6) is 0.162. The number of hydrogen-bond acceptors (Lipinski definition) is 7. The molecule has 2 aromatic carbocycles. The molecule has 0 aromatic heterocycles. The molecule has 10 nitrogen and oxygen atoms in total. The van der Waals surface area contributed by atoms with Crippen LogP contribution in [0.5, 0.6) is 11.5 Å². The number of fused-ring (bicyclic) bond motifs is 1. The minimum Gasteiger partial charge on any atom is -0.486 e. The first-order chi connectivity index (χ1) is 16.7. The molecule has 0 unspecified atom stereocenters. The van der Waals surface area contributed by atoms with Gasteiger partial charge in [-0.05, 0) is 56.2 Å². The largest absolute Gasteiger partial charge is 0.486 e. The van der Waals surface area contributed by atoms with Crippen LogP contribution in [-0.4, -0.2) is 65.6 Å². The van der Waals surface area contributed by atoms with E-state index in [2.05, 4.69) is 5.32 Å². The third-order valence-corrected chi connectivity index (χ3v) is 9.55. The molecule has 0 saturated carbocycles. The molecule has 1 amide bonds. The number of hydrogen-bond donors (Lipinski definition) is 1. The van der Waals surface area contributed by atoms with E-state index < -0.39 is 32.5 Å². The van der Waals surface area contributed by atoms with Gasteiger partial charge in [0.15, 0.2) is 11.5 Å². The van der Waals surface area contributed by atoms with Gasteiger partial charge in [-0.15, -0.1) is 0 Å². The number of benzene rings is 2. The molecule has 0 atom stereocenters. The van der Waals surface area contributed by atoms with Gasteiger partial charge in [0.25, 0.3) is 0 Å². The Labute approximate surface area is 205 Å². The number of ether oxygens (including phenoxy) is 2. The van der Waals surface area contributed by atoms with Gasteiger partial charge in [-0.3, -0.25) is 9.10 Å². The minimum atomic E-state index is -3.77. The molecule has 2 aliphatic heterocycles. The van der Waals surface area contributed by atoms with Crippen LogP contribution >= 0.6 is 0 Å². The summed E-state index contributed by atoms with van der Waals surface area (Å²) in [6.45, 7) is 2.80. The zero-order chi connectivity index (χ0) is 25.1. The summed E-state index contributed by atoms with van der Waals surface area (Å²) in [7, 11) is -7.36. The number of carbonyl (C=O) groups is 1. The van der Waals surface area contributed by atoms with Gasteiger partial charge in [0, 0.05) is 24.8 Å². The lowest BCUT2D eigenvalue weighted by molar-refractivity contribution is -0.114. The van der Waals surface area contributed by atoms with Gasteiger partial charge in [0.2, 0.25) is 26.0 Å². The van der Waals surface area contributed by atoms with Gasteiger partial charge in [0.05, 0.1) is 16.3 Å². The van der Waals surface area contributed by atoms with Crippen molar-refractivity contribution in [2.45, 2.75) is 31.1 Å². The number of carbonyl (C=O) groups excluding carboxylic acids is 1. The summed E-state index contributed by atoms with van der Waals surface area (Å²) in [4.78, 5) is 12.9. The third kappa shape index (κ3) is 5.71. The second kappa shape index (κ2) is 10.4. The van der Waals surface area contributed by atoms with E-state index in [1.54, 1.807) is 12.1 Å². The Kier molecular flexibility index (Phi) is 7.53. The maximum atomic E-state index is 12.8. The molecule has 1 N–H and O–H groups in total. The quantitative estimate of drug-likeness (QED) is 0.564. The van der Waals surface area contributed by atoms with E-state index in [9.17, 15) is 21.6 Å². The first-order valence-electron chi connectivity index (χ1n) is 11.5. The topological polar surface area (TPSA) is 122 Å². The third-order valence-electron chi connectivity index (χ3n) is 5.89. The van der Waals surface area contributed by atoms with Crippen molar-refractivity contribution in [2.75, 3.05) is 48.2 Å². The molecule has 4 rings (SSSR count). The van der Waals surface area contributed by atoms with Gasteiger partial charge < -0.3 is 14.8 Å². The Bertz CT molecular complexity index is 1270. The SMILES string of the molecule is CCS(=O)(=O)N(CC(=O)Nc1ccc(S(=O)(=O)N2CCCCC2)cc1)c1ccc2c(c1)OCCO2. The van der Waals surface area contributed by atoms with Crippen LogP contribution in [0.4, 0.5) is 11.4 Å². The minimum absolute atomic E-state index is 0.156. The van der Waals surface area contributed by atoms with E-state index in [1.807, 2.05) is 0 Å². The molecule has 2 aliphatic rings. The van der Waals surface area contributed by atoms with Crippen molar-refractivity contribution in [1.29, 1.82) is 0 Å². The fourth-order valence-corrected chi connectivity index (χ4v) is 6.57. The Balaban J connectivity index is 1.48. The molecule has 0 aliphatic carbocycles. The predicted molar refractivity (Wildman–Crippen MR) is 132 cm³/mol. The number of nitrogens with zero attached hydrogens (tertiary/aromatic N) is 2. The number of piperidine rings is 1. The van der Waals surface area contributed by atoms with Crippen LogP contribution in [0, 0.1) is 0 Å². The number of anilines is 2. The van der Waals surface area contributed by atoms with Crippen molar-refractivity contribution < 1.29 is 31.1 Å². The summed E-state index contributed by atoms with van der Waals surface area (Å²) in [6, 6.07) is 10.6. The second-order valence-electron chi connectivity index (χ2n) is 8.27. The molecule has 0 bridgehead atoms. The first-order valence-corrected chi connectivity index (χ1v) is 14.6. The molecule has 1 saturated heterocycles. The van der Waals surface area contributed by atoms with Gasteiger partial charge in [-0.2, -0.15) is 4.31 Å². The van der Waals surface area contributed by atoms with E-state index in [0.717, 1.165) is 23.6 Å². The Hall–Kier alpha value is -2.83. The lowest BCUT2D eigenvalue weighted by atomic mass is 10.2. The molecular formula is C23H29N3O7S2. The maximum absolute atomic E-state index is 12.8. The zero-order valence-electron chi connectivity index (χ0n) is 19.5. The fraction of sp³-hybridized carbons (Fsp3) is 0.435. The van der Waals surface area contributed by atoms with E-state index in [4.69, 9.17) is 9.47 Å². The molecule has 0 spiro atoms. The van der Waals surface area contributed by atoms with Gasteiger partial charge in [0.1, 0.15) is 19.8 Å². The summed E-state index contributed by atoms with van der Waals surface area (Å²) in [5, 5.41) is 2.65. The van der Waals surface area contributed by atoms with E-state index >= 15 is 0 Å². The molecule has 2 aromatic rings. The standard InChI is InChI=1S/C23H29N3O7S2/c1-2-34(28,29)26(19-8-11-21-22(16-19)33-15-14-32-21)17-23(27)24-18-6-9-20(10-7-18)35(30,31)25-12-4-3-5-13-25/h6-11,16H,2-5,12-15,17H2,1H3,(H,24,27). The van der Waals surface area contributed by atoms with Crippen molar-refractivity contribution in [3.63, 3.8) is 0 Å². The van der Waals surface area contributed by atoms with Crippen LogP contribution < -0.4 is 19.1 Å². The molecule has 2 heterocycles. The van der Waals surface area contributed by atoms with Crippen LogP contribution in [0.15, 0.2) is 47.4 Å². The number of sulfonamides is 2. The lowest BCUT2D eigenvalue weighted by Crippen LogP contribution is -2.39. The van der Waals surface area contributed by atoms with Crippen LogP contribution in [-0.2, 0) is 24.8 Å². The van der Waals surface area contributed by atoms with Gasteiger partial charge in [-0.25, -0.2) is 16.8 Å². The highest BCUT2D eigenvalue weighted by atomic mass is 32.2. The van der Waals surface area contributed by atoms with Crippen molar-refractivity contribution >= 4 is 37.3 Å². The summed E-state index contributed by atoms with van der Waals surface area (Å²) >= 11 is 0. The molecule has 190 valence electrons. The van der Waals surface area contributed by atoms with E-state index in [1.165, 1.54) is 41.6 Å². The Morgan fingerprint density at radius 2 is 1.60 bits per heavy atom. The summed E-state index contributed by atoms with van der Waals surface area (Å²) in [5.41, 5.74) is 0.651. The van der Waals surface area contributed by atoms with Gasteiger partial charge >= 0.3 is 0 Å². The van der Waals surface area contributed by atoms with Crippen molar-refractivity contribution in [2.24, 2.45) is 0 Å². The van der Waals surface area contributed by atoms with E-state index in [-0.39, 0.29) is 16.3 Å². The zero-order valence-corrected chi connectivity index (χ0v) is 21.1. The molecular weight excluding hydrogens is 494 g/mol. The van der Waals surface area contributed by atoms with Crippen LogP contribution in [0.1, 0.15) is 26.2 Å². The van der Waals surface area contributed by atoms with Gasteiger partial charge in [-0.1, -0.05) is 6.42 Å². The van der Waals surface area contributed by atoms with Crippen molar-refractivity contribution in [3.05, 3.63) is 42.5 Å². The second-order valence-corrected chi connectivity index (χ2v) is 12.4. The number of amides is 1. The summed E-state index contributed by atoms with van der Waals surface area (Å²) < 4.78 is 64.7. The average Bonchev–Trinajstić information content (AvgIpc) is 2.87. The van der Waals surface area contributed by atoms with Crippen LogP contribution in [0.3, 0.4) is 0 Å². The smallest absolute Gasteiger partial charge is 0.245 e. The van der Waals surface area contributed by atoms with Crippen molar-refractivity contribution in [3.8, 4) is 11.5 Å². The average molecular weight is 524 g/mol.